The number of benzene rings is 3. The maximum Gasteiger partial charge on any atom is 0.335 e. The molecule has 0 heterocycles. The summed E-state index contributed by atoms with van der Waals surface area (Å²) in [6, 6.07) is 12.9. The number of aromatic carboxylic acids is 1. The first kappa shape index (κ1) is 21.3. The Morgan fingerprint density at radius 3 is 2.27 bits per heavy atom. The topological polar surface area (TPSA) is 75.6 Å². The zero-order valence-electron chi connectivity index (χ0n) is 15.7. The molecule has 0 aliphatic carbocycles. The molecule has 0 saturated heterocycles. The SMILES string of the molecule is C[C@H](NC(=O)c1cc(Cl)ccc1Oc1c(F)cccc1F)c1ccc(C(=O)O)cc1. The predicted molar refractivity (Wildman–Crippen MR) is 107 cm³/mol. The molecule has 3 aromatic carbocycles. The van der Waals surface area contributed by atoms with Crippen molar-refractivity contribution < 1.29 is 28.2 Å². The van der Waals surface area contributed by atoms with E-state index >= 15 is 0 Å². The Bertz CT molecular complexity index is 1080. The normalized spacial score (nSPS) is 11.6. The summed E-state index contributed by atoms with van der Waals surface area (Å²) >= 11 is 5.99. The number of carboxylic acid groups (broad SMARTS) is 1. The highest BCUT2D eigenvalue weighted by molar-refractivity contribution is 6.31. The number of para-hydroxylation sites is 1. The summed E-state index contributed by atoms with van der Waals surface area (Å²) in [5, 5.41) is 11.9. The molecule has 3 rings (SSSR count). The Morgan fingerprint density at radius 2 is 1.67 bits per heavy atom. The van der Waals surface area contributed by atoms with E-state index in [9.17, 15) is 18.4 Å². The molecule has 0 aliphatic heterocycles. The highest BCUT2D eigenvalue weighted by atomic mass is 35.5. The Hall–Kier alpha value is -3.45. The third-order valence-corrected chi connectivity index (χ3v) is 4.56. The third-order valence-electron chi connectivity index (χ3n) is 4.32. The molecule has 0 bridgehead atoms. The number of ether oxygens (including phenoxy) is 1. The van der Waals surface area contributed by atoms with Gasteiger partial charge in [-0.25, -0.2) is 13.6 Å². The zero-order chi connectivity index (χ0) is 21.8. The van der Waals surface area contributed by atoms with Gasteiger partial charge in [-0.2, -0.15) is 0 Å². The van der Waals surface area contributed by atoms with Crippen molar-refractivity contribution in [2.24, 2.45) is 0 Å². The van der Waals surface area contributed by atoms with E-state index in [2.05, 4.69) is 5.32 Å². The fourth-order valence-electron chi connectivity index (χ4n) is 2.73. The summed E-state index contributed by atoms with van der Waals surface area (Å²) in [6.07, 6.45) is 0. The number of nitrogens with one attached hydrogen (secondary N) is 1. The van der Waals surface area contributed by atoms with Crippen molar-refractivity contribution in [2.75, 3.05) is 0 Å². The molecule has 0 saturated carbocycles. The first-order valence-electron chi connectivity index (χ1n) is 8.82. The van der Waals surface area contributed by atoms with Gasteiger partial charge in [-0.3, -0.25) is 4.79 Å². The molecule has 8 heteroatoms. The molecule has 0 radical (unpaired) electrons. The summed E-state index contributed by atoms with van der Waals surface area (Å²) in [5.74, 6) is -4.18. The lowest BCUT2D eigenvalue weighted by atomic mass is 10.1. The van der Waals surface area contributed by atoms with Crippen LogP contribution in [0.2, 0.25) is 5.02 Å². The van der Waals surface area contributed by atoms with Crippen LogP contribution in [0.15, 0.2) is 60.7 Å². The zero-order valence-corrected chi connectivity index (χ0v) is 16.4. The van der Waals surface area contributed by atoms with E-state index < -0.39 is 35.3 Å². The second-order valence-electron chi connectivity index (χ2n) is 6.42. The van der Waals surface area contributed by atoms with Crippen LogP contribution in [0.4, 0.5) is 8.78 Å². The minimum Gasteiger partial charge on any atom is -0.478 e. The predicted octanol–water partition coefficient (Wildman–Crippen LogP) is 5.60. The second kappa shape index (κ2) is 8.92. The highest BCUT2D eigenvalue weighted by Gasteiger charge is 2.20. The van der Waals surface area contributed by atoms with Gasteiger partial charge in [-0.05, 0) is 55.0 Å². The Balaban J connectivity index is 1.85. The summed E-state index contributed by atoms with van der Waals surface area (Å²) in [5.41, 5.74) is 0.770. The fourth-order valence-corrected chi connectivity index (χ4v) is 2.90. The maximum atomic E-state index is 13.9. The standard InChI is InChI=1S/C22H16ClF2NO4/c1-12(13-5-7-14(8-6-13)22(28)29)26-21(27)16-11-15(23)9-10-19(16)30-20-17(24)3-2-4-18(20)25/h2-12H,1H3,(H,26,27)(H,28,29)/t12-/m0/s1. The number of hydrogen-bond acceptors (Lipinski definition) is 3. The first-order valence-corrected chi connectivity index (χ1v) is 9.19. The lowest BCUT2D eigenvalue weighted by molar-refractivity contribution is 0.0696. The molecule has 2 N–H and O–H groups in total. The van der Waals surface area contributed by atoms with E-state index in [1.165, 1.54) is 36.4 Å². The Morgan fingerprint density at radius 1 is 1.03 bits per heavy atom. The molecule has 0 unspecified atom stereocenters. The van der Waals surface area contributed by atoms with E-state index in [1.807, 2.05) is 0 Å². The lowest BCUT2D eigenvalue weighted by Crippen LogP contribution is -2.27. The van der Waals surface area contributed by atoms with E-state index in [0.29, 0.717) is 5.56 Å². The average Bonchev–Trinajstić information content (AvgIpc) is 2.71. The van der Waals surface area contributed by atoms with Gasteiger partial charge < -0.3 is 15.2 Å². The summed E-state index contributed by atoms with van der Waals surface area (Å²) < 4.78 is 33.2. The molecular weight excluding hydrogens is 416 g/mol. The van der Waals surface area contributed by atoms with Crippen molar-refractivity contribution in [1.29, 1.82) is 0 Å². The Kier molecular flexibility index (Phi) is 6.32. The fraction of sp³-hybridized carbons (Fsp3) is 0.0909. The number of halogens is 3. The number of amides is 1. The largest absolute Gasteiger partial charge is 0.478 e. The van der Waals surface area contributed by atoms with Crippen molar-refractivity contribution in [1.82, 2.24) is 5.32 Å². The van der Waals surface area contributed by atoms with Crippen molar-refractivity contribution in [3.63, 3.8) is 0 Å². The molecule has 1 atom stereocenters. The van der Waals surface area contributed by atoms with Gasteiger partial charge in [-0.1, -0.05) is 29.8 Å². The number of hydrogen-bond donors (Lipinski definition) is 2. The van der Waals surface area contributed by atoms with Crippen LogP contribution < -0.4 is 10.1 Å². The van der Waals surface area contributed by atoms with Crippen molar-refractivity contribution >= 4 is 23.5 Å². The molecule has 0 aromatic heterocycles. The minimum absolute atomic E-state index is 0.0147. The average molecular weight is 432 g/mol. The molecule has 154 valence electrons. The van der Waals surface area contributed by atoms with Crippen LogP contribution in [0.1, 0.15) is 39.2 Å². The van der Waals surface area contributed by atoms with E-state index in [4.69, 9.17) is 21.4 Å². The number of carbonyl (C=O) groups excluding carboxylic acids is 1. The van der Waals surface area contributed by atoms with Crippen LogP contribution in [0.25, 0.3) is 0 Å². The van der Waals surface area contributed by atoms with Gasteiger partial charge >= 0.3 is 5.97 Å². The van der Waals surface area contributed by atoms with E-state index in [1.54, 1.807) is 19.1 Å². The first-order chi connectivity index (χ1) is 14.3. The molecule has 0 spiro atoms. The number of carbonyl (C=O) groups is 2. The van der Waals surface area contributed by atoms with Gasteiger partial charge in [0.25, 0.3) is 5.91 Å². The van der Waals surface area contributed by atoms with Gasteiger partial charge in [0.1, 0.15) is 5.75 Å². The summed E-state index contributed by atoms with van der Waals surface area (Å²) in [7, 11) is 0. The molecular formula is C22H16ClF2NO4. The van der Waals surface area contributed by atoms with Crippen LogP contribution in [0.3, 0.4) is 0 Å². The molecule has 1 amide bonds. The molecule has 0 aliphatic rings. The van der Waals surface area contributed by atoms with Gasteiger partial charge in [0.2, 0.25) is 0 Å². The van der Waals surface area contributed by atoms with Crippen molar-refractivity contribution in [2.45, 2.75) is 13.0 Å². The molecule has 30 heavy (non-hydrogen) atoms. The minimum atomic E-state index is -1.06. The summed E-state index contributed by atoms with van der Waals surface area (Å²) in [6.45, 7) is 1.70. The highest BCUT2D eigenvalue weighted by Crippen LogP contribution is 2.31. The third kappa shape index (κ3) is 4.75. The number of carboxylic acids is 1. The van der Waals surface area contributed by atoms with Gasteiger partial charge in [0.15, 0.2) is 17.4 Å². The smallest absolute Gasteiger partial charge is 0.335 e. The van der Waals surface area contributed by atoms with Gasteiger partial charge in [0.05, 0.1) is 17.2 Å². The van der Waals surface area contributed by atoms with Crippen LogP contribution in [-0.4, -0.2) is 17.0 Å². The number of rotatable bonds is 6. The maximum absolute atomic E-state index is 13.9. The monoisotopic (exact) mass is 431 g/mol. The van der Waals surface area contributed by atoms with E-state index in [-0.39, 0.29) is 21.9 Å². The summed E-state index contributed by atoms with van der Waals surface area (Å²) in [4.78, 5) is 23.8. The lowest BCUT2D eigenvalue weighted by Gasteiger charge is -2.17. The van der Waals surface area contributed by atoms with Crippen LogP contribution in [-0.2, 0) is 0 Å². The quantitative estimate of drug-likeness (QED) is 0.532. The van der Waals surface area contributed by atoms with Crippen LogP contribution in [0, 0.1) is 11.6 Å². The molecule has 3 aromatic rings. The van der Waals surface area contributed by atoms with Crippen molar-refractivity contribution in [3.8, 4) is 11.5 Å². The van der Waals surface area contributed by atoms with Gasteiger partial charge in [-0.15, -0.1) is 0 Å². The molecule has 0 fully saturated rings. The van der Waals surface area contributed by atoms with Crippen molar-refractivity contribution in [3.05, 3.63) is 94.0 Å². The van der Waals surface area contributed by atoms with Gasteiger partial charge in [0, 0.05) is 5.02 Å². The molecule has 5 nitrogen and oxygen atoms in total. The van der Waals surface area contributed by atoms with E-state index in [0.717, 1.165) is 12.1 Å². The second-order valence-corrected chi connectivity index (χ2v) is 6.85. The van der Waals surface area contributed by atoms with Crippen LogP contribution in [0.5, 0.6) is 11.5 Å². The Labute approximate surface area is 175 Å². The van der Waals surface area contributed by atoms with Crippen LogP contribution >= 0.6 is 11.6 Å².